The Hall–Kier alpha value is -1.84. The highest BCUT2D eigenvalue weighted by Crippen LogP contribution is 2.26. The lowest BCUT2D eigenvalue weighted by Crippen LogP contribution is -2.40. The monoisotopic (exact) mass is 316 g/mol. The van der Waals surface area contributed by atoms with Crippen LogP contribution >= 0.6 is 0 Å². The van der Waals surface area contributed by atoms with E-state index in [1.54, 1.807) is 24.3 Å². The van der Waals surface area contributed by atoms with Gasteiger partial charge in [0.05, 0.1) is 0 Å². The zero-order chi connectivity index (χ0) is 16.9. The third-order valence-electron chi connectivity index (χ3n) is 4.12. The maximum absolute atomic E-state index is 12.1. The Kier molecular flexibility index (Phi) is 5.80. The van der Waals surface area contributed by atoms with Crippen LogP contribution in [-0.2, 0) is 4.79 Å². The summed E-state index contributed by atoms with van der Waals surface area (Å²) in [6.45, 7) is 5.85. The Morgan fingerprint density at radius 2 is 1.65 bits per heavy atom. The molecular formula is C19H28N2O2. The van der Waals surface area contributed by atoms with Crippen LogP contribution in [0, 0.1) is 5.92 Å². The number of hydrogen-bond acceptors (Lipinski definition) is 2. The van der Waals surface area contributed by atoms with Crippen LogP contribution in [-0.4, -0.2) is 17.4 Å². The third kappa shape index (κ3) is 6.05. The summed E-state index contributed by atoms with van der Waals surface area (Å²) in [5.41, 5.74) is 1.09. The molecule has 4 heteroatoms. The molecule has 0 unspecified atom stereocenters. The minimum absolute atomic E-state index is 0.0730. The predicted octanol–water partition coefficient (Wildman–Crippen LogP) is 4.12. The molecule has 0 heterocycles. The first kappa shape index (κ1) is 17.5. The molecule has 0 atom stereocenters. The fraction of sp³-hybridized carbons (Fsp3) is 0.579. The van der Waals surface area contributed by atoms with E-state index >= 15 is 0 Å². The van der Waals surface area contributed by atoms with Gasteiger partial charge in [0.1, 0.15) is 0 Å². The van der Waals surface area contributed by atoms with Crippen molar-refractivity contribution in [2.45, 2.75) is 64.8 Å². The van der Waals surface area contributed by atoms with E-state index in [2.05, 4.69) is 10.6 Å². The van der Waals surface area contributed by atoms with Crippen molar-refractivity contribution in [1.29, 1.82) is 0 Å². The number of carbonyl (C=O) groups excluding carboxylic acids is 2. The highest BCUT2D eigenvalue weighted by Gasteiger charge is 2.18. The Bertz CT molecular complexity index is 537. The summed E-state index contributed by atoms with van der Waals surface area (Å²) >= 11 is 0. The molecule has 1 saturated carbocycles. The minimum atomic E-state index is -0.260. The topological polar surface area (TPSA) is 58.2 Å². The summed E-state index contributed by atoms with van der Waals surface area (Å²) in [5.74, 6) is 0.502. The number of nitrogens with one attached hydrogen (secondary N) is 2. The van der Waals surface area contributed by atoms with Crippen molar-refractivity contribution in [3.8, 4) is 0 Å². The maximum atomic E-state index is 12.1. The highest BCUT2D eigenvalue weighted by atomic mass is 16.2. The smallest absolute Gasteiger partial charge is 0.251 e. The van der Waals surface area contributed by atoms with Gasteiger partial charge >= 0.3 is 0 Å². The lowest BCUT2D eigenvalue weighted by molar-refractivity contribution is -0.117. The zero-order valence-corrected chi connectivity index (χ0v) is 14.4. The second-order valence-corrected chi connectivity index (χ2v) is 7.54. The molecule has 1 aromatic carbocycles. The summed E-state index contributed by atoms with van der Waals surface area (Å²) in [4.78, 5) is 24.2. The van der Waals surface area contributed by atoms with Crippen LogP contribution < -0.4 is 10.6 Å². The fourth-order valence-corrected chi connectivity index (χ4v) is 2.98. The first-order chi connectivity index (χ1) is 10.8. The Labute approximate surface area is 139 Å². The molecule has 126 valence electrons. The molecule has 2 rings (SSSR count). The SMILES string of the molecule is CC(C)(C)NC(=O)c1ccc(NC(=O)CC2CCCCC2)cc1. The molecule has 0 bridgehead atoms. The molecule has 1 fully saturated rings. The summed E-state index contributed by atoms with van der Waals surface area (Å²) in [6.07, 6.45) is 6.73. The maximum Gasteiger partial charge on any atom is 0.251 e. The molecule has 2 N–H and O–H groups in total. The number of anilines is 1. The van der Waals surface area contributed by atoms with Crippen molar-refractivity contribution in [2.24, 2.45) is 5.92 Å². The van der Waals surface area contributed by atoms with Crippen molar-refractivity contribution in [2.75, 3.05) is 5.32 Å². The van der Waals surface area contributed by atoms with Crippen LogP contribution in [0.5, 0.6) is 0 Å². The number of carbonyl (C=O) groups is 2. The molecule has 23 heavy (non-hydrogen) atoms. The van der Waals surface area contributed by atoms with Gasteiger partial charge in [0.2, 0.25) is 5.91 Å². The van der Waals surface area contributed by atoms with Gasteiger partial charge in [-0.15, -0.1) is 0 Å². The van der Waals surface area contributed by atoms with E-state index in [0.717, 1.165) is 5.69 Å². The van der Waals surface area contributed by atoms with E-state index in [1.807, 2.05) is 20.8 Å². The lowest BCUT2D eigenvalue weighted by Gasteiger charge is -2.21. The van der Waals surface area contributed by atoms with E-state index in [9.17, 15) is 9.59 Å². The Balaban J connectivity index is 1.86. The molecule has 1 aliphatic rings. The second-order valence-electron chi connectivity index (χ2n) is 7.54. The number of benzene rings is 1. The van der Waals surface area contributed by atoms with Gasteiger partial charge < -0.3 is 10.6 Å². The molecule has 2 amide bonds. The van der Waals surface area contributed by atoms with Crippen molar-refractivity contribution >= 4 is 17.5 Å². The van der Waals surface area contributed by atoms with Gasteiger partial charge in [0.15, 0.2) is 0 Å². The molecule has 4 nitrogen and oxygen atoms in total. The van der Waals surface area contributed by atoms with Crippen molar-refractivity contribution in [3.05, 3.63) is 29.8 Å². The first-order valence-electron chi connectivity index (χ1n) is 8.56. The van der Waals surface area contributed by atoms with Gasteiger partial charge in [-0.1, -0.05) is 19.3 Å². The van der Waals surface area contributed by atoms with Crippen molar-refractivity contribution in [3.63, 3.8) is 0 Å². The molecule has 1 aromatic rings. The van der Waals surface area contributed by atoms with Gasteiger partial charge in [0, 0.05) is 23.2 Å². The Morgan fingerprint density at radius 1 is 1.04 bits per heavy atom. The van der Waals surface area contributed by atoms with Gasteiger partial charge in [-0.05, 0) is 63.8 Å². The molecule has 0 aliphatic heterocycles. The summed E-state index contributed by atoms with van der Waals surface area (Å²) in [5, 5.41) is 5.86. The van der Waals surface area contributed by atoms with Crippen molar-refractivity contribution < 1.29 is 9.59 Å². The molecular weight excluding hydrogens is 288 g/mol. The van der Waals surface area contributed by atoms with Gasteiger partial charge in [-0.25, -0.2) is 0 Å². The van der Waals surface area contributed by atoms with Gasteiger partial charge in [0.25, 0.3) is 5.91 Å². The van der Waals surface area contributed by atoms with E-state index < -0.39 is 0 Å². The molecule has 0 spiro atoms. The zero-order valence-electron chi connectivity index (χ0n) is 14.4. The molecule has 0 radical (unpaired) electrons. The van der Waals surface area contributed by atoms with Crippen LogP contribution in [0.1, 0.15) is 69.7 Å². The highest BCUT2D eigenvalue weighted by molar-refractivity contribution is 5.96. The van der Waals surface area contributed by atoms with Crippen LogP contribution in [0.25, 0.3) is 0 Å². The molecule has 1 aliphatic carbocycles. The van der Waals surface area contributed by atoms with Crippen LogP contribution in [0.2, 0.25) is 0 Å². The fourth-order valence-electron chi connectivity index (χ4n) is 2.98. The number of rotatable bonds is 4. The predicted molar refractivity (Wildman–Crippen MR) is 93.5 cm³/mol. The average Bonchev–Trinajstić information content (AvgIpc) is 2.47. The van der Waals surface area contributed by atoms with Crippen molar-refractivity contribution in [1.82, 2.24) is 5.32 Å². The minimum Gasteiger partial charge on any atom is -0.347 e. The average molecular weight is 316 g/mol. The number of hydrogen-bond donors (Lipinski definition) is 2. The number of amides is 2. The standard InChI is InChI=1S/C19H28N2O2/c1-19(2,3)21-18(23)15-9-11-16(12-10-15)20-17(22)13-14-7-5-4-6-8-14/h9-12,14H,4-8,13H2,1-3H3,(H,20,22)(H,21,23). The normalized spacial score (nSPS) is 16.0. The lowest BCUT2D eigenvalue weighted by atomic mass is 9.87. The van der Waals surface area contributed by atoms with Crippen LogP contribution in [0.3, 0.4) is 0 Å². The summed E-state index contributed by atoms with van der Waals surface area (Å²) in [6, 6.07) is 7.07. The summed E-state index contributed by atoms with van der Waals surface area (Å²) in [7, 11) is 0. The van der Waals surface area contributed by atoms with E-state index in [0.29, 0.717) is 17.9 Å². The summed E-state index contributed by atoms with van der Waals surface area (Å²) < 4.78 is 0. The van der Waals surface area contributed by atoms with E-state index in [1.165, 1.54) is 32.1 Å². The quantitative estimate of drug-likeness (QED) is 0.877. The first-order valence-corrected chi connectivity index (χ1v) is 8.56. The Morgan fingerprint density at radius 3 is 2.22 bits per heavy atom. The second kappa shape index (κ2) is 7.62. The van der Waals surface area contributed by atoms with Crippen LogP contribution in [0.4, 0.5) is 5.69 Å². The molecule has 0 aromatic heterocycles. The molecule has 0 saturated heterocycles. The third-order valence-corrected chi connectivity index (χ3v) is 4.12. The van der Waals surface area contributed by atoms with E-state index in [-0.39, 0.29) is 17.4 Å². The van der Waals surface area contributed by atoms with Gasteiger partial charge in [-0.3, -0.25) is 9.59 Å². The largest absolute Gasteiger partial charge is 0.347 e. The van der Waals surface area contributed by atoms with Crippen LogP contribution in [0.15, 0.2) is 24.3 Å². The van der Waals surface area contributed by atoms with E-state index in [4.69, 9.17) is 0 Å². The van der Waals surface area contributed by atoms with Gasteiger partial charge in [-0.2, -0.15) is 0 Å².